The molecule has 0 unspecified atom stereocenters. The predicted molar refractivity (Wildman–Crippen MR) is 109 cm³/mol. The summed E-state index contributed by atoms with van der Waals surface area (Å²) in [5.41, 5.74) is 2.59. The van der Waals surface area contributed by atoms with Gasteiger partial charge in [0, 0.05) is 50.6 Å². The van der Waals surface area contributed by atoms with Crippen LogP contribution in [0.2, 0.25) is 0 Å². The van der Waals surface area contributed by atoms with Crippen LogP contribution in [0.15, 0.2) is 42.7 Å². The molecule has 2 heterocycles. The molecule has 2 aromatic rings. The van der Waals surface area contributed by atoms with Gasteiger partial charge in [0.05, 0.1) is 6.61 Å². The molecule has 0 radical (unpaired) electrons. The maximum Gasteiger partial charge on any atom is 0.130 e. The van der Waals surface area contributed by atoms with Crippen molar-refractivity contribution in [2.75, 3.05) is 33.4 Å². The van der Waals surface area contributed by atoms with Gasteiger partial charge in [0.15, 0.2) is 0 Å². The van der Waals surface area contributed by atoms with Gasteiger partial charge < -0.3 is 15.0 Å². The van der Waals surface area contributed by atoms with E-state index in [0.717, 1.165) is 30.9 Å². The molecule has 146 valence electrons. The molecule has 27 heavy (non-hydrogen) atoms. The number of hydrogen-bond acceptors (Lipinski definition) is 5. The van der Waals surface area contributed by atoms with Crippen molar-refractivity contribution in [1.82, 2.24) is 20.2 Å². The fourth-order valence-corrected chi connectivity index (χ4v) is 3.63. The summed E-state index contributed by atoms with van der Waals surface area (Å²) in [4.78, 5) is 11.5. The summed E-state index contributed by atoms with van der Waals surface area (Å²) in [6.45, 7) is 5.06. The number of aromatic nitrogens is 2. The smallest absolute Gasteiger partial charge is 0.130 e. The fourth-order valence-electron chi connectivity index (χ4n) is 3.63. The molecule has 0 bridgehead atoms. The monoisotopic (exact) mass is 368 g/mol. The highest BCUT2D eigenvalue weighted by Gasteiger charge is 2.19. The highest BCUT2D eigenvalue weighted by molar-refractivity contribution is 5.14. The number of nitrogens with zero attached hydrogens (tertiary/aromatic N) is 3. The van der Waals surface area contributed by atoms with E-state index in [2.05, 4.69) is 50.5 Å². The first-order valence-corrected chi connectivity index (χ1v) is 10.1. The summed E-state index contributed by atoms with van der Waals surface area (Å²) in [6.07, 6.45) is 9.56. The number of likely N-dealkylation sites (tertiary alicyclic amines) is 1. The molecule has 1 fully saturated rings. The Morgan fingerprint density at radius 3 is 2.70 bits per heavy atom. The van der Waals surface area contributed by atoms with E-state index >= 15 is 0 Å². The lowest BCUT2D eigenvalue weighted by atomic mass is 10.0. The molecule has 1 aliphatic heterocycles. The van der Waals surface area contributed by atoms with E-state index in [-0.39, 0.29) is 0 Å². The zero-order valence-corrected chi connectivity index (χ0v) is 16.4. The Morgan fingerprint density at radius 1 is 1.11 bits per heavy atom. The van der Waals surface area contributed by atoms with Crippen LogP contribution in [-0.2, 0) is 24.1 Å². The molecular weight excluding hydrogens is 336 g/mol. The zero-order chi connectivity index (χ0) is 18.7. The molecule has 3 rings (SSSR count). The van der Waals surface area contributed by atoms with Gasteiger partial charge in [0.1, 0.15) is 5.82 Å². The minimum absolute atomic E-state index is 0.559. The minimum Gasteiger partial charge on any atom is -0.384 e. The highest BCUT2D eigenvalue weighted by atomic mass is 16.5. The molecule has 1 N–H and O–H groups in total. The molecule has 0 aliphatic carbocycles. The van der Waals surface area contributed by atoms with Crippen LogP contribution in [0.5, 0.6) is 0 Å². The Labute approximate surface area is 163 Å². The number of hydrogen-bond donors (Lipinski definition) is 1. The van der Waals surface area contributed by atoms with Gasteiger partial charge in [-0.1, -0.05) is 30.3 Å². The highest BCUT2D eigenvalue weighted by Crippen LogP contribution is 2.12. The third-order valence-electron chi connectivity index (χ3n) is 5.17. The van der Waals surface area contributed by atoms with E-state index < -0.39 is 0 Å². The van der Waals surface area contributed by atoms with Crippen molar-refractivity contribution >= 4 is 0 Å². The van der Waals surface area contributed by atoms with Gasteiger partial charge in [-0.05, 0) is 44.3 Å². The Kier molecular flexibility index (Phi) is 8.21. The van der Waals surface area contributed by atoms with Crippen molar-refractivity contribution in [3.8, 4) is 0 Å². The maximum absolute atomic E-state index is 5.07. The van der Waals surface area contributed by atoms with E-state index in [0.29, 0.717) is 12.6 Å². The molecule has 1 aromatic carbocycles. The average molecular weight is 369 g/mol. The largest absolute Gasteiger partial charge is 0.384 e. The second-order valence-corrected chi connectivity index (χ2v) is 7.36. The summed E-state index contributed by atoms with van der Waals surface area (Å²) in [5.74, 6) is 0.850. The van der Waals surface area contributed by atoms with Crippen LogP contribution < -0.4 is 5.32 Å². The Morgan fingerprint density at radius 2 is 1.93 bits per heavy atom. The molecule has 0 saturated carbocycles. The van der Waals surface area contributed by atoms with Crippen molar-refractivity contribution in [1.29, 1.82) is 0 Å². The number of rotatable bonds is 10. The van der Waals surface area contributed by atoms with Crippen molar-refractivity contribution < 1.29 is 4.74 Å². The summed E-state index contributed by atoms with van der Waals surface area (Å²) < 4.78 is 5.07. The van der Waals surface area contributed by atoms with Crippen LogP contribution in [0.1, 0.15) is 36.2 Å². The van der Waals surface area contributed by atoms with Gasteiger partial charge in [-0.25, -0.2) is 9.97 Å². The van der Waals surface area contributed by atoms with Gasteiger partial charge >= 0.3 is 0 Å². The Bertz CT molecular complexity index is 647. The van der Waals surface area contributed by atoms with Crippen LogP contribution in [0.3, 0.4) is 0 Å². The third kappa shape index (κ3) is 7.01. The minimum atomic E-state index is 0.559. The number of aryl methyl sites for hydroxylation is 1. The standard InChI is InChI=1S/C22H32N4O/c1-27-14-11-22-24-16-20(17-25-22)15-23-21-10-6-13-26(18-21)12-5-9-19-7-3-2-4-8-19/h2-4,7-8,16-17,21,23H,5-6,9-15,18H2,1H3/t21-/m0/s1. The van der Waals surface area contributed by atoms with E-state index in [9.17, 15) is 0 Å². The van der Waals surface area contributed by atoms with E-state index in [4.69, 9.17) is 4.74 Å². The van der Waals surface area contributed by atoms with E-state index in [1.807, 2.05) is 12.4 Å². The predicted octanol–water partition coefficient (Wildman–Crippen LogP) is 2.85. The van der Waals surface area contributed by atoms with Gasteiger partial charge in [-0.15, -0.1) is 0 Å². The molecule has 5 heteroatoms. The number of ether oxygens (including phenoxy) is 1. The maximum atomic E-state index is 5.07. The van der Waals surface area contributed by atoms with Crippen molar-refractivity contribution in [2.45, 2.75) is 44.7 Å². The summed E-state index contributed by atoms with van der Waals surface area (Å²) in [6, 6.07) is 11.4. The average Bonchev–Trinajstić information content (AvgIpc) is 2.73. The number of methoxy groups -OCH3 is 1. The first-order valence-electron chi connectivity index (χ1n) is 10.1. The quantitative estimate of drug-likeness (QED) is 0.699. The van der Waals surface area contributed by atoms with Gasteiger partial charge in [-0.2, -0.15) is 0 Å². The molecule has 5 nitrogen and oxygen atoms in total. The SMILES string of the molecule is COCCc1ncc(CN[C@H]2CCCN(CCCc3ccccc3)C2)cn1. The van der Waals surface area contributed by atoms with Crippen LogP contribution in [0.4, 0.5) is 0 Å². The topological polar surface area (TPSA) is 50.3 Å². The summed E-state index contributed by atoms with van der Waals surface area (Å²) in [7, 11) is 1.70. The Hall–Kier alpha value is -1.82. The molecule has 1 aliphatic rings. The molecule has 0 amide bonds. The molecular formula is C22H32N4O. The molecule has 1 saturated heterocycles. The van der Waals surface area contributed by atoms with Crippen molar-refractivity contribution in [3.63, 3.8) is 0 Å². The van der Waals surface area contributed by atoms with Crippen LogP contribution >= 0.6 is 0 Å². The molecule has 1 atom stereocenters. The fraction of sp³-hybridized carbons (Fsp3) is 0.545. The first kappa shape index (κ1) is 19.9. The van der Waals surface area contributed by atoms with Crippen LogP contribution in [0.25, 0.3) is 0 Å². The van der Waals surface area contributed by atoms with E-state index in [1.54, 1.807) is 7.11 Å². The second-order valence-electron chi connectivity index (χ2n) is 7.36. The summed E-state index contributed by atoms with van der Waals surface area (Å²) in [5, 5.41) is 3.69. The lowest BCUT2D eigenvalue weighted by Crippen LogP contribution is -2.45. The number of piperidine rings is 1. The second kappa shape index (κ2) is 11.1. The van der Waals surface area contributed by atoms with Crippen LogP contribution in [-0.4, -0.2) is 54.3 Å². The normalized spacial score (nSPS) is 17.9. The molecule has 0 spiro atoms. The third-order valence-corrected chi connectivity index (χ3v) is 5.17. The first-order chi connectivity index (χ1) is 13.3. The lowest BCUT2D eigenvalue weighted by molar-refractivity contribution is 0.188. The Balaban J connectivity index is 1.36. The van der Waals surface area contributed by atoms with Gasteiger partial charge in [-0.3, -0.25) is 0 Å². The number of nitrogens with one attached hydrogen (secondary N) is 1. The zero-order valence-electron chi connectivity index (χ0n) is 16.4. The lowest BCUT2D eigenvalue weighted by Gasteiger charge is -2.33. The van der Waals surface area contributed by atoms with Crippen LogP contribution in [0, 0.1) is 0 Å². The number of benzene rings is 1. The molecule has 1 aromatic heterocycles. The van der Waals surface area contributed by atoms with Gasteiger partial charge in [0.2, 0.25) is 0 Å². The van der Waals surface area contributed by atoms with Gasteiger partial charge in [0.25, 0.3) is 0 Å². The summed E-state index contributed by atoms with van der Waals surface area (Å²) >= 11 is 0. The van der Waals surface area contributed by atoms with Crippen molar-refractivity contribution in [2.24, 2.45) is 0 Å². The van der Waals surface area contributed by atoms with E-state index in [1.165, 1.54) is 44.3 Å². The van der Waals surface area contributed by atoms with Crippen molar-refractivity contribution in [3.05, 3.63) is 59.7 Å².